The van der Waals surface area contributed by atoms with Crippen molar-refractivity contribution in [2.24, 2.45) is 4.99 Å². The second-order valence-electron chi connectivity index (χ2n) is 6.55. The molecule has 0 amide bonds. The summed E-state index contributed by atoms with van der Waals surface area (Å²) in [7, 11) is 5.17. The molecule has 1 aromatic rings. The van der Waals surface area contributed by atoms with Gasteiger partial charge in [-0.1, -0.05) is 0 Å². The molecule has 2 rings (SSSR count). The molecular weight excluding hydrogens is 471 g/mol. The van der Waals surface area contributed by atoms with Gasteiger partial charge in [-0.3, -0.25) is 4.99 Å². The molecule has 0 aliphatic carbocycles. The van der Waals surface area contributed by atoms with Gasteiger partial charge in [-0.15, -0.1) is 24.0 Å². The lowest BCUT2D eigenvalue weighted by atomic mass is 10.2. The molecule has 1 aliphatic heterocycles. The van der Waals surface area contributed by atoms with Crippen molar-refractivity contribution in [1.82, 2.24) is 10.6 Å². The monoisotopic (exact) mass is 506 g/mol. The predicted octanol–water partition coefficient (Wildman–Crippen LogP) is 2.88. The zero-order valence-corrected chi connectivity index (χ0v) is 19.8. The van der Waals surface area contributed by atoms with E-state index in [4.69, 9.17) is 14.2 Å². The van der Waals surface area contributed by atoms with E-state index in [9.17, 15) is 0 Å². The van der Waals surface area contributed by atoms with Gasteiger partial charge in [0.1, 0.15) is 11.5 Å². The van der Waals surface area contributed by atoms with E-state index in [1.807, 2.05) is 20.0 Å². The number of guanidine groups is 1. The van der Waals surface area contributed by atoms with Crippen LogP contribution in [0.3, 0.4) is 0 Å². The van der Waals surface area contributed by atoms with Gasteiger partial charge in [0.05, 0.1) is 14.2 Å². The van der Waals surface area contributed by atoms with Gasteiger partial charge in [-0.05, 0) is 26.2 Å². The lowest BCUT2D eigenvalue weighted by Crippen LogP contribution is -2.44. The molecule has 28 heavy (non-hydrogen) atoms. The third-order valence-electron chi connectivity index (χ3n) is 4.67. The molecule has 160 valence electrons. The van der Waals surface area contributed by atoms with Gasteiger partial charge >= 0.3 is 0 Å². The summed E-state index contributed by atoms with van der Waals surface area (Å²) >= 11 is 0. The molecule has 1 aliphatic rings. The van der Waals surface area contributed by atoms with E-state index in [1.165, 1.54) is 0 Å². The first-order valence-electron chi connectivity index (χ1n) is 9.73. The first kappa shape index (κ1) is 24.6. The van der Waals surface area contributed by atoms with Crippen LogP contribution in [0.2, 0.25) is 0 Å². The highest BCUT2D eigenvalue weighted by Gasteiger charge is 2.24. The van der Waals surface area contributed by atoms with E-state index in [1.54, 1.807) is 14.2 Å². The number of nitrogens with one attached hydrogen (secondary N) is 2. The molecule has 1 unspecified atom stereocenters. The third-order valence-corrected chi connectivity index (χ3v) is 4.67. The molecule has 1 heterocycles. The number of methoxy groups -OCH3 is 2. The van der Waals surface area contributed by atoms with Crippen LogP contribution in [0, 0.1) is 0 Å². The van der Waals surface area contributed by atoms with E-state index in [0.29, 0.717) is 6.04 Å². The minimum atomic E-state index is 0. The Morgan fingerprint density at radius 2 is 1.89 bits per heavy atom. The Hall–Kier alpha value is -1.42. The van der Waals surface area contributed by atoms with Crippen molar-refractivity contribution in [1.29, 1.82) is 0 Å². The molecule has 2 N–H and O–H groups in total. The van der Waals surface area contributed by atoms with Crippen molar-refractivity contribution < 1.29 is 14.2 Å². The zero-order valence-electron chi connectivity index (χ0n) is 17.5. The number of anilines is 1. The molecule has 1 aromatic carbocycles. The second-order valence-corrected chi connectivity index (χ2v) is 6.55. The average molecular weight is 506 g/mol. The number of ether oxygens (including phenoxy) is 3. The fourth-order valence-electron chi connectivity index (χ4n) is 3.16. The standard InChI is InChI=1S/C20H34N4O3.HI/c1-5-27-11-7-6-9-22-20(21-2)23-16-8-10-24(15-16)17-12-18(25-3)14-19(13-17)26-4;/h12-14,16H,5-11,15H2,1-4H3,(H2,21,22,23);1H. The molecule has 0 bridgehead atoms. The number of aliphatic imine (C=N–C) groups is 1. The molecule has 1 fully saturated rings. The summed E-state index contributed by atoms with van der Waals surface area (Å²) in [6.45, 7) is 6.44. The van der Waals surface area contributed by atoms with Crippen LogP contribution in [0.4, 0.5) is 5.69 Å². The molecule has 0 saturated carbocycles. The number of unbranched alkanes of at least 4 members (excludes halogenated alkanes) is 1. The fraction of sp³-hybridized carbons (Fsp3) is 0.650. The van der Waals surface area contributed by atoms with Crippen LogP contribution in [-0.4, -0.2) is 66.1 Å². The summed E-state index contributed by atoms with van der Waals surface area (Å²) in [5.74, 6) is 2.48. The van der Waals surface area contributed by atoms with Crippen LogP contribution in [0.1, 0.15) is 26.2 Å². The van der Waals surface area contributed by atoms with Gasteiger partial charge < -0.3 is 29.7 Å². The number of benzene rings is 1. The van der Waals surface area contributed by atoms with Crippen molar-refractivity contribution in [3.05, 3.63) is 18.2 Å². The molecule has 0 spiro atoms. The number of halogens is 1. The van der Waals surface area contributed by atoms with Crippen LogP contribution in [-0.2, 0) is 4.74 Å². The fourth-order valence-corrected chi connectivity index (χ4v) is 3.16. The normalized spacial score (nSPS) is 16.5. The smallest absolute Gasteiger partial charge is 0.191 e. The van der Waals surface area contributed by atoms with Crippen LogP contribution < -0.4 is 25.0 Å². The van der Waals surface area contributed by atoms with Crippen molar-refractivity contribution in [3.63, 3.8) is 0 Å². The molecule has 8 heteroatoms. The van der Waals surface area contributed by atoms with Crippen molar-refractivity contribution >= 4 is 35.6 Å². The maximum Gasteiger partial charge on any atom is 0.191 e. The van der Waals surface area contributed by atoms with Gasteiger partial charge in [0.2, 0.25) is 0 Å². The number of rotatable bonds is 10. The van der Waals surface area contributed by atoms with E-state index in [0.717, 1.165) is 75.3 Å². The maximum atomic E-state index is 5.38. The largest absolute Gasteiger partial charge is 0.497 e. The number of hydrogen-bond donors (Lipinski definition) is 2. The Bertz CT molecular complexity index is 579. The molecular formula is C20H35IN4O3. The van der Waals surface area contributed by atoms with Gasteiger partial charge in [-0.25, -0.2) is 0 Å². The first-order valence-corrected chi connectivity index (χ1v) is 9.73. The zero-order chi connectivity index (χ0) is 19.5. The average Bonchev–Trinajstić information content (AvgIpc) is 3.17. The Morgan fingerprint density at radius 3 is 2.50 bits per heavy atom. The molecule has 1 saturated heterocycles. The summed E-state index contributed by atoms with van der Waals surface area (Å²) in [6.07, 6.45) is 3.19. The summed E-state index contributed by atoms with van der Waals surface area (Å²) in [5.41, 5.74) is 1.12. The summed E-state index contributed by atoms with van der Waals surface area (Å²) < 4.78 is 16.1. The minimum absolute atomic E-state index is 0. The highest BCUT2D eigenvalue weighted by molar-refractivity contribution is 14.0. The van der Waals surface area contributed by atoms with Crippen molar-refractivity contribution in [2.75, 3.05) is 59.0 Å². The third kappa shape index (κ3) is 7.90. The van der Waals surface area contributed by atoms with E-state index in [-0.39, 0.29) is 24.0 Å². The SMILES string of the molecule is CCOCCCCNC(=NC)NC1CCN(c2cc(OC)cc(OC)c2)C1.I. The van der Waals surface area contributed by atoms with Gasteiger partial charge in [-0.2, -0.15) is 0 Å². The van der Waals surface area contributed by atoms with Crippen LogP contribution in [0.15, 0.2) is 23.2 Å². The van der Waals surface area contributed by atoms with Crippen LogP contribution in [0.25, 0.3) is 0 Å². The Labute approximate surface area is 186 Å². The highest BCUT2D eigenvalue weighted by atomic mass is 127. The van der Waals surface area contributed by atoms with Crippen molar-refractivity contribution in [3.8, 4) is 11.5 Å². The Morgan fingerprint density at radius 1 is 1.18 bits per heavy atom. The lowest BCUT2D eigenvalue weighted by molar-refractivity contribution is 0.143. The highest BCUT2D eigenvalue weighted by Crippen LogP contribution is 2.30. The molecule has 0 aromatic heterocycles. The topological polar surface area (TPSA) is 67.4 Å². The first-order chi connectivity index (χ1) is 13.2. The van der Waals surface area contributed by atoms with Gasteiger partial charge in [0, 0.05) is 69.8 Å². The molecule has 1 atom stereocenters. The van der Waals surface area contributed by atoms with Gasteiger partial charge in [0.25, 0.3) is 0 Å². The second kappa shape index (κ2) is 13.7. The Balaban J connectivity index is 0.00000392. The van der Waals surface area contributed by atoms with Crippen molar-refractivity contribution in [2.45, 2.75) is 32.2 Å². The predicted molar refractivity (Wildman–Crippen MR) is 126 cm³/mol. The molecule has 7 nitrogen and oxygen atoms in total. The van der Waals surface area contributed by atoms with Crippen LogP contribution >= 0.6 is 24.0 Å². The minimum Gasteiger partial charge on any atom is -0.497 e. The van der Waals surface area contributed by atoms with Gasteiger partial charge in [0.15, 0.2) is 5.96 Å². The van der Waals surface area contributed by atoms with E-state index >= 15 is 0 Å². The Kier molecular flexibility index (Phi) is 12.1. The quantitative estimate of drug-likeness (QED) is 0.220. The number of nitrogens with zero attached hydrogens (tertiary/aromatic N) is 2. The molecule has 0 radical (unpaired) electrons. The van der Waals surface area contributed by atoms with E-state index < -0.39 is 0 Å². The van der Waals surface area contributed by atoms with E-state index in [2.05, 4.69) is 32.7 Å². The van der Waals surface area contributed by atoms with Crippen LogP contribution in [0.5, 0.6) is 11.5 Å². The maximum absolute atomic E-state index is 5.38. The summed E-state index contributed by atoms with van der Waals surface area (Å²) in [5, 5.41) is 6.92. The summed E-state index contributed by atoms with van der Waals surface area (Å²) in [4.78, 5) is 6.69. The lowest BCUT2D eigenvalue weighted by Gasteiger charge is -2.21. The summed E-state index contributed by atoms with van der Waals surface area (Å²) in [6, 6.07) is 6.36. The number of hydrogen-bond acceptors (Lipinski definition) is 5.